The highest BCUT2D eigenvalue weighted by atomic mass is 32.1. The lowest BCUT2D eigenvalue weighted by Gasteiger charge is -2.05. The first-order chi connectivity index (χ1) is 9.92. The average Bonchev–Trinajstić information content (AvgIpc) is 3.02. The zero-order valence-electron chi connectivity index (χ0n) is 11.1. The minimum absolute atomic E-state index is 0.823. The summed E-state index contributed by atoms with van der Waals surface area (Å²) in [6.07, 6.45) is 0. The third-order valence-electron chi connectivity index (χ3n) is 3.18. The van der Waals surface area contributed by atoms with E-state index in [2.05, 4.69) is 64.2 Å². The Kier molecular flexibility index (Phi) is 4.21. The summed E-state index contributed by atoms with van der Waals surface area (Å²) in [5.74, 6) is 0. The van der Waals surface area contributed by atoms with Crippen molar-refractivity contribution in [3.8, 4) is 11.1 Å². The molecule has 3 heteroatoms. The summed E-state index contributed by atoms with van der Waals surface area (Å²) in [5, 5.41) is 5.48. The van der Waals surface area contributed by atoms with Crippen molar-refractivity contribution in [2.45, 2.75) is 13.1 Å². The lowest BCUT2D eigenvalue weighted by Crippen LogP contribution is -2.12. The molecule has 1 aromatic heterocycles. The Balaban J connectivity index is 1.59. The lowest BCUT2D eigenvalue weighted by atomic mass is 10.0. The summed E-state index contributed by atoms with van der Waals surface area (Å²) in [6.45, 7) is 1.69. The number of aromatic nitrogens is 1. The molecule has 0 atom stereocenters. The second-order valence-electron chi connectivity index (χ2n) is 4.65. The summed E-state index contributed by atoms with van der Waals surface area (Å²) in [4.78, 5) is 4.26. The van der Waals surface area contributed by atoms with Crippen LogP contribution in [0.1, 0.15) is 11.3 Å². The van der Waals surface area contributed by atoms with Crippen molar-refractivity contribution in [1.82, 2.24) is 10.3 Å². The Labute approximate surface area is 123 Å². The SMILES string of the molecule is c1ccc(-c2ccc(CNCc3cscn3)cc2)cc1. The van der Waals surface area contributed by atoms with Crippen LogP contribution >= 0.6 is 11.3 Å². The normalized spacial score (nSPS) is 10.6. The topological polar surface area (TPSA) is 24.9 Å². The zero-order valence-corrected chi connectivity index (χ0v) is 11.9. The van der Waals surface area contributed by atoms with Crippen LogP contribution in [0.25, 0.3) is 11.1 Å². The van der Waals surface area contributed by atoms with E-state index in [1.54, 1.807) is 11.3 Å². The molecule has 100 valence electrons. The fourth-order valence-electron chi connectivity index (χ4n) is 2.11. The van der Waals surface area contributed by atoms with E-state index in [0.29, 0.717) is 0 Å². The van der Waals surface area contributed by atoms with Crippen molar-refractivity contribution < 1.29 is 0 Å². The molecule has 0 fully saturated rings. The molecule has 0 aliphatic carbocycles. The second-order valence-corrected chi connectivity index (χ2v) is 5.36. The van der Waals surface area contributed by atoms with Gasteiger partial charge in [0.05, 0.1) is 11.2 Å². The van der Waals surface area contributed by atoms with Gasteiger partial charge in [-0.3, -0.25) is 0 Å². The predicted molar refractivity (Wildman–Crippen MR) is 84.5 cm³/mol. The Bertz CT molecular complexity index is 631. The Morgan fingerprint density at radius 1 is 0.850 bits per heavy atom. The number of hydrogen-bond acceptors (Lipinski definition) is 3. The number of thiazole rings is 1. The third kappa shape index (κ3) is 3.32. The van der Waals surface area contributed by atoms with Gasteiger partial charge in [0.1, 0.15) is 0 Å². The largest absolute Gasteiger partial charge is 0.307 e. The van der Waals surface area contributed by atoms with Gasteiger partial charge in [-0.25, -0.2) is 4.98 Å². The minimum Gasteiger partial charge on any atom is -0.307 e. The molecule has 0 saturated heterocycles. The van der Waals surface area contributed by atoms with Crippen LogP contribution in [-0.2, 0) is 13.1 Å². The first kappa shape index (κ1) is 13.0. The molecule has 3 rings (SSSR count). The van der Waals surface area contributed by atoms with Crippen LogP contribution in [0.4, 0.5) is 0 Å². The number of rotatable bonds is 5. The van der Waals surface area contributed by atoms with Crippen LogP contribution in [0, 0.1) is 0 Å². The molecular formula is C17H16N2S. The average molecular weight is 280 g/mol. The van der Waals surface area contributed by atoms with E-state index in [0.717, 1.165) is 18.8 Å². The van der Waals surface area contributed by atoms with E-state index in [1.807, 2.05) is 11.6 Å². The van der Waals surface area contributed by atoms with Crippen molar-refractivity contribution in [3.63, 3.8) is 0 Å². The lowest BCUT2D eigenvalue weighted by molar-refractivity contribution is 0.683. The molecule has 20 heavy (non-hydrogen) atoms. The van der Waals surface area contributed by atoms with Crippen molar-refractivity contribution >= 4 is 11.3 Å². The predicted octanol–water partition coefficient (Wildman–Crippen LogP) is 4.10. The number of benzene rings is 2. The summed E-state index contributed by atoms with van der Waals surface area (Å²) >= 11 is 1.63. The highest BCUT2D eigenvalue weighted by Crippen LogP contribution is 2.19. The van der Waals surface area contributed by atoms with E-state index in [-0.39, 0.29) is 0 Å². The first-order valence-corrected chi connectivity index (χ1v) is 7.58. The number of nitrogens with zero attached hydrogens (tertiary/aromatic N) is 1. The molecule has 3 aromatic rings. The van der Waals surface area contributed by atoms with Crippen molar-refractivity contribution in [2.75, 3.05) is 0 Å². The second kappa shape index (κ2) is 6.46. The number of nitrogens with one attached hydrogen (secondary N) is 1. The molecule has 1 heterocycles. The fraction of sp³-hybridized carbons (Fsp3) is 0.118. The first-order valence-electron chi connectivity index (χ1n) is 6.64. The van der Waals surface area contributed by atoms with Crippen LogP contribution in [0.15, 0.2) is 65.5 Å². The summed E-state index contributed by atoms with van der Waals surface area (Å²) in [5.41, 5.74) is 6.78. The molecule has 2 aromatic carbocycles. The zero-order chi connectivity index (χ0) is 13.6. The molecule has 1 N–H and O–H groups in total. The molecule has 0 aliphatic rings. The van der Waals surface area contributed by atoms with E-state index < -0.39 is 0 Å². The van der Waals surface area contributed by atoms with E-state index >= 15 is 0 Å². The van der Waals surface area contributed by atoms with Crippen molar-refractivity contribution in [3.05, 3.63) is 76.7 Å². The van der Waals surface area contributed by atoms with Crippen LogP contribution in [0.3, 0.4) is 0 Å². The molecule has 2 nitrogen and oxygen atoms in total. The van der Waals surface area contributed by atoms with Gasteiger partial charge in [0.2, 0.25) is 0 Å². The Hall–Kier alpha value is -1.97. The van der Waals surface area contributed by atoms with E-state index in [9.17, 15) is 0 Å². The molecule has 0 saturated carbocycles. The van der Waals surface area contributed by atoms with E-state index in [1.165, 1.54) is 16.7 Å². The fourth-order valence-corrected chi connectivity index (χ4v) is 2.66. The maximum Gasteiger partial charge on any atom is 0.0795 e. The smallest absolute Gasteiger partial charge is 0.0795 e. The molecule has 0 bridgehead atoms. The third-order valence-corrected chi connectivity index (χ3v) is 3.82. The van der Waals surface area contributed by atoms with Crippen LogP contribution in [0.5, 0.6) is 0 Å². The summed E-state index contributed by atoms with van der Waals surface area (Å²) in [6, 6.07) is 19.2. The minimum atomic E-state index is 0.823. The van der Waals surface area contributed by atoms with Gasteiger partial charge in [0.25, 0.3) is 0 Å². The van der Waals surface area contributed by atoms with Crippen LogP contribution < -0.4 is 5.32 Å². The molecule has 0 aliphatic heterocycles. The molecular weight excluding hydrogens is 264 g/mol. The molecule has 0 unspecified atom stereocenters. The Morgan fingerprint density at radius 3 is 2.30 bits per heavy atom. The molecule has 0 radical (unpaired) electrons. The highest BCUT2D eigenvalue weighted by Gasteiger charge is 1.98. The van der Waals surface area contributed by atoms with Gasteiger partial charge >= 0.3 is 0 Å². The summed E-state index contributed by atoms with van der Waals surface area (Å²) < 4.78 is 0. The molecule has 0 amide bonds. The van der Waals surface area contributed by atoms with Gasteiger partial charge < -0.3 is 5.32 Å². The van der Waals surface area contributed by atoms with Gasteiger partial charge in [-0.05, 0) is 16.7 Å². The Morgan fingerprint density at radius 2 is 1.60 bits per heavy atom. The standard InChI is InChI=1S/C17H16N2S/c1-2-4-15(5-3-1)16-8-6-14(7-9-16)10-18-11-17-12-20-13-19-17/h1-9,12-13,18H,10-11H2. The quantitative estimate of drug-likeness (QED) is 0.761. The van der Waals surface area contributed by atoms with Gasteiger partial charge in [-0.15, -0.1) is 11.3 Å². The summed E-state index contributed by atoms with van der Waals surface area (Å²) in [7, 11) is 0. The van der Waals surface area contributed by atoms with E-state index in [4.69, 9.17) is 0 Å². The number of hydrogen-bond donors (Lipinski definition) is 1. The van der Waals surface area contributed by atoms with Gasteiger partial charge in [-0.1, -0.05) is 54.6 Å². The van der Waals surface area contributed by atoms with Crippen molar-refractivity contribution in [1.29, 1.82) is 0 Å². The molecule has 0 spiro atoms. The highest BCUT2D eigenvalue weighted by molar-refractivity contribution is 7.07. The van der Waals surface area contributed by atoms with Gasteiger partial charge in [0.15, 0.2) is 0 Å². The van der Waals surface area contributed by atoms with Crippen LogP contribution in [-0.4, -0.2) is 4.98 Å². The van der Waals surface area contributed by atoms with Gasteiger partial charge in [-0.2, -0.15) is 0 Å². The van der Waals surface area contributed by atoms with Gasteiger partial charge in [0, 0.05) is 18.5 Å². The monoisotopic (exact) mass is 280 g/mol. The maximum atomic E-state index is 4.26. The van der Waals surface area contributed by atoms with Crippen molar-refractivity contribution in [2.24, 2.45) is 0 Å². The van der Waals surface area contributed by atoms with Crippen LogP contribution in [0.2, 0.25) is 0 Å². The maximum absolute atomic E-state index is 4.26.